The van der Waals surface area contributed by atoms with Gasteiger partial charge in [-0.2, -0.15) is 0 Å². The van der Waals surface area contributed by atoms with Crippen LogP contribution >= 0.6 is 0 Å². The zero-order chi connectivity index (χ0) is 18.5. The highest BCUT2D eigenvalue weighted by Gasteiger charge is 2.34. The Hall–Kier alpha value is -1.41. The molecule has 0 saturated carbocycles. The van der Waals surface area contributed by atoms with Crippen LogP contribution in [-0.2, 0) is 11.3 Å². The van der Waals surface area contributed by atoms with Crippen molar-refractivity contribution in [1.82, 2.24) is 9.80 Å². The topological polar surface area (TPSA) is 54.4 Å². The quantitative estimate of drug-likeness (QED) is 0.781. The smallest absolute Gasteiger partial charge is 0.163 e. The number of morpholine rings is 1. The highest BCUT2D eigenvalue weighted by molar-refractivity contribution is 5.43. The third kappa shape index (κ3) is 4.46. The minimum atomic E-state index is -0.292. The van der Waals surface area contributed by atoms with E-state index in [4.69, 9.17) is 14.2 Å². The molecule has 2 heterocycles. The van der Waals surface area contributed by atoms with Crippen molar-refractivity contribution in [2.45, 2.75) is 6.54 Å². The maximum absolute atomic E-state index is 14.4. The molecule has 6 nitrogen and oxygen atoms in total. The maximum atomic E-state index is 14.4. The standard InChI is InChI=1S/C19H29FN2O4/c1-24-18-7-14(17(20)8-19(18)25-2)9-22-11-15(16(12-22)13-23)10-21-3-5-26-6-4-21/h7-8,15-16,23H,3-6,9-13H2,1-2H3/t15-,16-/m1/s1. The first kappa shape index (κ1) is 19.4. The van der Waals surface area contributed by atoms with Crippen molar-refractivity contribution in [3.63, 3.8) is 0 Å². The molecule has 0 unspecified atom stereocenters. The van der Waals surface area contributed by atoms with Crippen molar-refractivity contribution >= 4 is 0 Å². The van der Waals surface area contributed by atoms with E-state index in [1.807, 2.05) is 0 Å². The third-order valence-electron chi connectivity index (χ3n) is 5.43. The molecule has 0 amide bonds. The number of halogens is 1. The molecule has 3 rings (SSSR count). The summed E-state index contributed by atoms with van der Waals surface area (Å²) < 4.78 is 30.3. The molecular formula is C19H29FN2O4. The molecule has 0 aromatic heterocycles. The highest BCUT2D eigenvalue weighted by atomic mass is 19.1. The Morgan fingerprint density at radius 2 is 1.73 bits per heavy atom. The van der Waals surface area contributed by atoms with Gasteiger partial charge >= 0.3 is 0 Å². The van der Waals surface area contributed by atoms with Crippen LogP contribution in [0, 0.1) is 17.7 Å². The first-order chi connectivity index (χ1) is 12.6. The van der Waals surface area contributed by atoms with Crippen molar-refractivity contribution < 1.29 is 23.7 Å². The molecule has 2 aliphatic heterocycles. The Balaban J connectivity index is 1.65. The maximum Gasteiger partial charge on any atom is 0.163 e. The van der Waals surface area contributed by atoms with E-state index < -0.39 is 0 Å². The molecule has 7 heteroatoms. The highest BCUT2D eigenvalue weighted by Crippen LogP contribution is 2.32. The molecule has 1 aromatic carbocycles. The van der Waals surface area contributed by atoms with E-state index >= 15 is 0 Å². The van der Waals surface area contributed by atoms with Gasteiger partial charge in [0.2, 0.25) is 0 Å². The van der Waals surface area contributed by atoms with Crippen LogP contribution in [0.4, 0.5) is 4.39 Å². The molecule has 26 heavy (non-hydrogen) atoms. The Bertz CT molecular complexity index is 595. The van der Waals surface area contributed by atoms with Crippen LogP contribution < -0.4 is 9.47 Å². The van der Waals surface area contributed by atoms with Crippen LogP contribution in [0.25, 0.3) is 0 Å². The normalized spacial score (nSPS) is 24.8. The average Bonchev–Trinajstić information content (AvgIpc) is 3.05. The number of ether oxygens (including phenoxy) is 3. The van der Waals surface area contributed by atoms with Crippen molar-refractivity contribution in [3.8, 4) is 11.5 Å². The van der Waals surface area contributed by atoms with Crippen molar-refractivity contribution in [3.05, 3.63) is 23.5 Å². The first-order valence-corrected chi connectivity index (χ1v) is 9.18. The van der Waals surface area contributed by atoms with Crippen molar-refractivity contribution in [1.29, 1.82) is 0 Å². The summed E-state index contributed by atoms with van der Waals surface area (Å²) in [5.41, 5.74) is 0.589. The fraction of sp³-hybridized carbons (Fsp3) is 0.684. The number of rotatable bonds is 7. The van der Waals surface area contributed by atoms with Crippen molar-refractivity contribution in [2.75, 3.05) is 66.8 Å². The molecule has 146 valence electrons. The summed E-state index contributed by atoms with van der Waals surface area (Å²) in [6.45, 7) is 6.70. The predicted molar refractivity (Wildman–Crippen MR) is 96.1 cm³/mol. The molecule has 1 N–H and O–H groups in total. The molecule has 2 fully saturated rings. The Labute approximate surface area is 154 Å². The first-order valence-electron chi connectivity index (χ1n) is 9.18. The number of aliphatic hydroxyl groups is 1. The van der Waals surface area contributed by atoms with Gasteiger partial charge in [0.05, 0.1) is 27.4 Å². The number of benzene rings is 1. The lowest BCUT2D eigenvalue weighted by Crippen LogP contribution is -2.41. The number of methoxy groups -OCH3 is 2. The molecule has 0 radical (unpaired) electrons. The summed E-state index contributed by atoms with van der Waals surface area (Å²) in [7, 11) is 3.05. The minimum Gasteiger partial charge on any atom is -0.493 e. The molecule has 2 atom stereocenters. The number of nitrogens with zero attached hydrogens (tertiary/aromatic N) is 2. The fourth-order valence-electron chi connectivity index (χ4n) is 3.95. The van der Waals surface area contributed by atoms with Gasteiger partial charge < -0.3 is 19.3 Å². The molecule has 0 spiro atoms. The Morgan fingerprint density at radius 3 is 2.38 bits per heavy atom. The number of hydrogen-bond acceptors (Lipinski definition) is 6. The lowest BCUT2D eigenvalue weighted by Gasteiger charge is -2.30. The van der Waals surface area contributed by atoms with E-state index in [2.05, 4.69) is 9.80 Å². The number of aliphatic hydroxyl groups excluding tert-OH is 1. The second-order valence-electron chi connectivity index (χ2n) is 7.11. The molecular weight excluding hydrogens is 339 g/mol. The van der Waals surface area contributed by atoms with Crippen LogP contribution in [-0.4, -0.2) is 81.7 Å². The molecule has 0 aliphatic carbocycles. The van der Waals surface area contributed by atoms with Gasteiger partial charge in [0.25, 0.3) is 0 Å². The molecule has 2 saturated heterocycles. The number of hydrogen-bond donors (Lipinski definition) is 1. The Kier molecular flexibility index (Phi) is 6.69. The Morgan fingerprint density at radius 1 is 1.08 bits per heavy atom. The van der Waals surface area contributed by atoms with E-state index in [1.165, 1.54) is 13.2 Å². The summed E-state index contributed by atoms with van der Waals surface area (Å²) >= 11 is 0. The summed E-state index contributed by atoms with van der Waals surface area (Å²) in [5.74, 6) is 1.25. The van der Waals surface area contributed by atoms with Gasteiger partial charge in [-0.1, -0.05) is 0 Å². The zero-order valence-corrected chi connectivity index (χ0v) is 15.6. The zero-order valence-electron chi connectivity index (χ0n) is 15.6. The van der Waals surface area contributed by atoms with E-state index in [1.54, 1.807) is 13.2 Å². The second kappa shape index (κ2) is 8.99. The van der Waals surface area contributed by atoms with Gasteiger partial charge in [0.15, 0.2) is 11.5 Å². The summed E-state index contributed by atoms with van der Waals surface area (Å²) in [6, 6.07) is 3.08. The van der Waals surface area contributed by atoms with Crippen LogP contribution in [0.3, 0.4) is 0 Å². The van der Waals surface area contributed by atoms with Gasteiger partial charge in [-0.05, 0) is 17.9 Å². The van der Waals surface area contributed by atoms with Gasteiger partial charge in [-0.3, -0.25) is 9.80 Å². The number of likely N-dealkylation sites (tertiary alicyclic amines) is 1. The predicted octanol–water partition coefficient (Wildman–Crippen LogP) is 1.22. The van der Waals surface area contributed by atoms with Crippen LogP contribution in [0.5, 0.6) is 11.5 Å². The van der Waals surface area contributed by atoms with Crippen molar-refractivity contribution in [2.24, 2.45) is 11.8 Å². The van der Waals surface area contributed by atoms with Crippen LogP contribution in [0.2, 0.25) is 0 Å². The minimum absolute atomic E-state index is 0.167. The van der Waals surface area contributed by atoms with Gasteiger partial charge in [0.1, 0.15) is 5.82 Å². The molecule has 0 bridgehead atoms. The van der Waals surface area contributed by atoms with E-state index in [0.29, 0.717) is 29.5 Å². The second-order valence-corrected chi connectivity index (χ2v) is 7.11. The largest absolute Gasteiger partial charge is 0.493 e. The lowest BCUT2D eigenvalue weighted by molar-refractivity contribution is 0.0264. The summed E-state index contributed by atoms with van der Waals surface area (Å²) in [6.07, 6.45) is 0. The summed E-state index contributed by atoms with van der Waals surface area (Å²) in [4.78, 5) is 4.62. The van der Waals surface area contributed by atoms with Gasteiger partial charge in [-0.25, -0.2) is 4.39 Å². The molecule has 1 aromatic rings. The lowest BCUT2D eigenvalue weighted by atomic mass is 9.96. The fourth-order valence-corrected chi connectivity index (χ4v) is 3.95. The van der Waals surface area contributed by atoms with Gasteiger partial charge in [-0.15, -0.1) is 0 Å². The molecule has 2 aliphatic rings. The third-order valence-corrected chi connectivity index (χ3v) is 5.43. The van der Waals surface area contributed by atoms with Crippen LogP contribution in [0.15, 0.2) is 12.1 Å². The van der Waals surface area contributed by atoms with Crippen LogP contribution in [0.1, 0.15) is 5.56 Å². The van der Waals surface area contributed by atoms with E-state index in [9.17, 15) is 9.50 Å². The van der Waals surface area contributed by atoms with E-state index in [-0.39, 0.29) is 18.3 Å². The van der Waals surface area contributed by atoms with E-state index in [0.717, 1.165) is 45.9 Å². The SMILES string of the molecule is COc1cc(F)c(CN2C[C@@H](CN3CCOCC3)[C@@H](CO)C2)cc1OC. The summed E-state index contributed by atoms with van der Waals surface area (Å²) in [5, 5.41) is 9.77. The monoisotopic (exact) mass is 368 g/mol. The average molecular weight is 368 g/mol. The van der Waals surface area contributed by atoms with Gasteiger partial charge in [0, 0.05) is 57.5 Å².